The summed E-state index contributed by atoms with van der Waals surface area (Å²) in [6.45, 7) is 2.07. The van der Waals surface area contributed by atoms with E-state index in [9.17, 15) is 0 Å². The minimum atomic E-state index is 0.118. The van der Waals surface area contributed by atoms with E-state index < -0.39 is 0 Å². The average Bonchev–Trinajstić information content (AvgIpc) is 2.96. The fourth-order valence-electron chi connectivity index (χ4n) is 2.70. The van der Waals surface area contributed by atoms with Gasteiger partial charge in [0.25, 0.3) is 0 Å². The maximum absolute atomic E-state index is 5.96. The number of hydrogen-bond donors (Lipinski definition) is 1. The van der Waals surface area contributed by atoms with Crippen molar-refractivity contribution in [1.82, 2.24) is 25.5 Å². The highest BCUT2D eigenvalue weighted by atomic mass is 35.5. The molecular weight excluding hydrogens is 262 g/mol. The molecule has 0 aliphatic carbocycles. The molecule has 19 heavy (non-hydrogen) atoms. The molecule has 1 fully saturated rings. The Morgan fingerprint density at radius 3 is 2.79 bits per heavy atom. The molecule has 6 heteroatoms. The van der Waals surface area contributed by atoms with Crippen LogP contribution in [0.25, 0.3) is 0 Å². The molecule has 2 atom stereocenters. The highest BCUT2D eigenvalue weighted by Gasteiger charge is 2.28. The van der Waals surface area contributed by atoms with Crippen molar-refractivity contribution < 1.29 is 0 Å². The minimum absolute atomic E-state index is 0.118. The Balaban J connectivity index is 1.93. The van der Waals surface area contributed by atoms with Crippen LogP contribution in [-0.4, -0.2) is 33.3 Å². The molecule has 2 aromatic rings. The van der Waals surface area contributed by atoms with Crippen LogP contribution in [0, 0.1) is 5.92 Å². The normalized spacial score (nSPS) is 21.2. The molecule has 1 aliphatic rings. The first-order chi connectivity index (χ1) is 9.34. The predicted octanol–water partition coefficient (Wildman–Crippen LogP) is 1.92. The van der Waals surface area contributed by atoms with Gasteiger partial charge < -0.3 is 5.32 Å². The quantitative estimate of drug-likeness (QED) is 0.931. The summed E-state index contributed by atoms with van der Waals surface area (Å²) in [7, 11) is 0. The maximum Gasteiger partial charge on any atom is 0.162 e. The molecule has 1 aromatic heterocycles. The summed E-state index contributed by atoms with van der Waals surface area (Å²) in [6.07, 6.45) is 3.84. The molecule has 1 N–H and O–H groups in total. The fraction of sp³-hybridized carbons (Fsp3) is 0.462. The van der Waals surface area contributed by atoms with Gasteiger partial charge in [-0.2, -0.15) is 4.80 Å². The molecule has 1 aliphatic heterocycles. The molecule has 0 radical (unpaired) electrons. The number of nitrogens with zero attached hydrogens (tertiary/aromatic N) is 4. The van der Waals surface area contributed by atoms with Crippen molar-refractivity contribution in [2.75, 3.05) is 13.1 Å². The minimum Gasteiger partial charge on any atom is -0.316 e. The first-order valence-electron chi connectivity index (χ1n) is 6.53. The number of nitrogens with one attached hydrogen (secondary N) is 1. The summed E-state index contributed by atoms with van der Waals surface area (Å²) in [5.74, 6) is 0.476. The van der Waals surface area contributed by atoms with Crippen LogP contribution in [-0.2, 0) is 0 Å². The van der Waals surface area contributed by atoms with Gasteiger partial charge in [0.2, 0.25) is 0 Å². The number of hydrogen-bond acceptors (Lipinski definition) is 4. The van der Waals surface area contributed by atoms with Crippen molar-refractivity contribution in [3.63, 3.8) is 0 Å². The molecule has 3 rings (SSSR count). The topological polar surface area (TPSA) is 55.6 Å². The van der Waals surface area contributed by atoms with Gasteiger partial charge in [-0.15, -0.1) is 10.2 Å². The van der Waals surface area contributed by atoms with Crippen molar-refractivity contribution in [2.45, 2.75) is 18.9 Å². The number of tetrazole rings is 1. The number of rotatable bonds is 3. The van der Waals surface area contributed by atoms with E-state index in [0.717, 1.165) is 18.1 Å². The first-order valence-corrected chi connectivity index (χ1v) is 6.91. The van der Waals surface area contributed by atoms with Gasteiger partial charge in [-0.25, -0.2) is 0 Å². The Kier molecular flexibility index (Phi) is 3.75. The van der Waals surface area contributed by atoms with Crippen LogP contribution in [0.2, 0.25) is 5.02 Å². The molecule has 0 spiro atoms. The van der Waals surface area contributed by atoms with Gasteiger partial charge in [-0.1, -0.05) is 23.7 Å². The van der Waals surface area contributed by atoms with Gasteiger partial charge in [0, 0.05) is 11.6 Å². The summed E-state index contributed by atoms with van der Waals surface area (Å²) in [4.78, 5) is 1.71. The lowest BCUT2D eigenvalue weighted by Crippen LogP contribution is -2.36. The molecule has 2 heterocycles. The van der Waals surface area contributed by atoms with Crippen LogP contribution < -0.4 is 5.32 Å². The van der Waals surface area contributed by atoms with E-state index >= 15 is 0 Å². The second-order valence-electron chi connectivity index (χ2n) is 4.86. The van der Waals surface area contributed by atoms with Gasteiger partial charge in [0.1, 0.15) is 6.04 Å². The van der Waals surface area contributed by atoms with Gasteiger partial charge in [0.15, 0.2) is 6.33 Å². The number of halogens is 1. The van der Waals surface area contributed by atoms with E-state index in [-0.39, 0.29) is 6.04 Å². The lowest BCUT2D eigenvalue weighted by Gasteiger charge is -2.30. The zero-order valence-corrected chi connectivity index (χ0v) is 11.3. The van der Waals surface area contributed by atoms with Gasteiger partial charge in [-0.05, 0) is 48.2 Å². The van der Waals surface area contributed by atoms with Crippen LogP contribution in [0.4, 0.5) is 0 Å². The third-order valence-corrected chi connectivity index (χ3v) is 3.86. The van der Waals surface area contributed by atoms with Crippen molar-refractivity contribution in [2.24, 2.45) is 5.92 Å². The van der Waals surface area contributed by atoms with Crippen LogP contribution in [0.3, 0.4) is 0 Å². The Labute approximate surface area is 117 Å². The maximum atomic E-state index is 5.96. The third-order valence-electron chi connectivity index (χ3n) is 3.61. The van der Waals surface area contributed by atoms with Gasteiger partial charge in [0.05, 0.1) is 0 Å². The number of aromatic nitrogens is 4. The second kappa shape index (κ2) is 5.67. The van der Waals surface area contributed by atoms with Crippen LogP contribution in [0.1, 0.15) is 24.4 Å². The molecule has 1 unspecified atom stereocenters. The van der Waals surface area contributed by atoms with Crippen LogP contribution in [0.5, 0.6) is 0 Å². The summed E-state index contributed by atoms with van der Waals surface area (Å²) in [5, 5.41) is 16.3. The lowest BCUT2D eigenvalue weighted by molar-refractivity contribution is 0.261. The number of benzene rings is 1. The highest BCUT2D eigenvalue weighted by Crippen LogP contribution is 2.30. The van der Waals surface area contributed by atoms with E-state index in [1.165, 1.54) is 24.7 Å². The van der Waals surface area contributed by atoms with E-state index in [1.54, 1.807) is 4.80 Å². The molecule has 0 amide bonds. The van der Waals surface area contributed by atoms with E-state index in [1.807, 2.05) is 24.3 Å². The SMILES string of the molecule is Clc1ccc(C([C@@H]2CCCNC2)n2ncnn2)cc1. The largest absolute Gasteiger partial charge is 0.316 e. The second-order valence-corrected chi connectivity index (χ2v) is 5.30. The van der Waals surface area contributed by atoms with E-state index in [0.29, 0.717) is 5.92 Å². The van der Waals surface area contributed by atoms with Crippen molar-refractivity contribution in [3.05, 3.63) is 41.2 Å². The van der Waals surface area contributed by atoms with Crippen molar-refractivity contribution in [3.8, 4) is 0 Å². The van der Waals surface area contributed by atoms with Gasteiger partial charge >= 0.3 is 0 Å². The summed E-state index contributed by atoms with van der Waals surface area (Å²) in [6, 6.07) is 8.04. The zero-order valence-electron chi connectivity index (χ0n) is 10.5. The molecule has 1 saturated heterocycles. The molecule has 1 aromatic carbocycles. The van der Waals surface area contributed by atoms with Gasteiger partial charge in [-0.3, -0.25) is 0 Å². The highest BCUT2D eigenvalue weighted by molar-refractivity contribution is 6.30. The molecule has 0 bridgehead atoms. The Hall–Kier alpha value is -1.46. The van der Waals surface area contributed by atoms with Crippen molar-refractivity contribution >= 4 is 11.6 Å². The molecular formula is C13H16ClN5. The molecule has 100 valence electrons. The first kappa shape index (κ1) is 12.6. The molecule has 5 nitrogen and oxygen atoms in total. The lowest BCUT2D eigenvalue weighted by atomic mass is 9.87. The van der Waals surface area contributed by atoms with Crippen LogP contribution >= 0.6 is 11.6 Å². The summed E-state index contributed by atoms with van der Waals surface area (Å²) < 4.78 is 0. The summed E-state index contributed by atoms with van der Waals surface area (Å²) >= 11 is 5.96. The van der Waals surface area contributed by atoms with Crippen molar-refractivity contribution in [1.29, 1.82) is 0 Å². The summed E-state index contributed by atoms with van der Waals surface area (Å²) in [5.41, 5.74) is 1.18. The monoisotopic (exact) mass is 277 g/mol. The predicted molar refractivity (Wildman–Crippen MR) is 73.0 cm³/mol. The van der Waals surface area contributed by atoms with E-state index in [4.69, 9.17) is 11.6 Å². The third kappa shape index (κ3) is 2.77. The molecule has 0 saturated carbocycles. The standard InChI is InChI=1S/C13H16ClN5/c14-12-5-3-10(4-6-12)13(19-17-9-16-18-19)11-2-1-7-15-8-11/h3-6,9,11,13,15H,1-2,7-8H2/t11-,13?/m1/s1. The van der Waals surface area contributed by atoms with E-state index in [2.05, 4.69) is 20.7 Å². The fourth-order valence-corrected chi connectivity index (χ4v) is 2.83. The van der Waals surface area contributed by atoms with Crippen LogP contribution in [0.15, 0.2) is 30.6 Å². The Morgan fingerprint density at radius 2 is 2.16 bits per heavy atom. The smallest absolute Gasteiger partial charge is 0.162 e. The number of piperidine rings is 1. The zero-order chi connectivity index (χ0) is 13.1. The Morgan fingerprint density at radius 1 is 1.32 bits per heavy atom. The Bertz CT molecular complexity index is 504. The average molecular weight is 278 g/mol.